The number of benzene rings is 2. The highest BCUT2D eigenvalue weighted by Crippen LogP contribution is 2.44. The Bertz CT molecular complexity index is 1000. The molecule has 34 heavy (non-hydrogen) atoms. The molecule has 2 aromatic rings. The van der Waals surface area contributed by atoms with Crippen molar-refractivity contribution < 1.29 is 24.2 Å². The molecule has 7 nitrogen and oxygen atoms in total. The molecule has 0 aromatic heterocycles. The lowest BCUT2D eigenvalue weighted by Crippen LogP contribution is -2.55. The minimum Gasteiger partial charge on any atom is -0.481 e. The summed E-state index contributed by atoms with van der Waals surface area (Å²) in [6.45, 7) is 7.54. The fourth-order valence-corrected chi connectivity index (χ4v) is 4.36. The van der Waals surface area contributed by atoms with Gasteiger partial charge in [0.15, 0.2) is 0 Å². The Morgan fingerprint density at radius 3 is 2.12 bits per heavy atom. The summed E-state index contributed by atoms with van der Waals surface area (Å²) < 4.78 is 5.62. The second-order valence-corrected chi connectivity index (χ2v) is 9.60. The van der Waals surface area contributed by atoms with Gasteiger partial charge in [0.1, 0.15) is 12.6 Å². The van der Waals surface area contributed by atoms with Gasteiger partial charge in [0.2, 0.25) is 5.91 Å². The molecule has 3 rings (SSSR count). The van der Waals surface area contributed by atoms with Crippen LogP contribution in [0.2, 0.25) is 0 Å². The number of carboxylic acid groups (broad SMARTS) is 1. The van der Waals surface area contributed by atoms with E-state index in [0.717, 1.165) is 22.3 Å². The molecule has 0 radical (unpaired) electrons. The molecule has 0 spiro atoms. The van der Waals surface area contributed by atoms with Crippen LogP contribution in [0.5, 0.6) is 0 Å². The van der Waals surface area contributed by atoms with Crippen LogP contribution in [0.4, 0.5) is 4.79 Å². The molecule has 0 aliphatic heterocycles. The Labute approximate surface area is 200 Å². The van der Waals surface area contributed by atoms with Crippen LogP contribution in [0.3, 0.4) is 0 Å². The van der Waals surface area contributed by atoms with Gasteiger partial charge < -0.3 is 20.5 Å². The van der Waals surface area contributed by atoms with Gasteiger partial charge in [-0.15, -0.1) is 0 Å². The Balaban J connectivity index is 1.66. The van der Waals surface area contributed by atoms with Gasteiger partial charge in [-0.05, 0) is 48.4 Å². The highest BCUT2D eigenvalue weighted by molar-refractivity contribution is 5.86. The van der Waals surface area contributed by atoms with E-state index in [4.69, 9.17) is 9.84 Å². The molecule has 0 fully saturated rings. The van der Waals surface area contributed by atoms with Gasteiger partial charge in [-0.25, -0.2) is 4.79 Å². The van der Waals surface area contributed by atoms with Crippen molar-refractivity contribution in [1.29, 1.82) is 0 Å². The van der Waals surface area contributed by atoms with Crippen molar-refractivity contribution in [3.63, 3.8) is 0 Å². The molecule has 2 aromatic carbocycles. The Kier molecular flexibility index (Phi) is 7.97. The third-order valence-electron chi connectivity index (χ3n) is 6.54. The molecule has 1 aliphatic carbocycles. The van der Waals surface area contributed by atoms with Gasteiger partial charge in [0.05, 0.1) is 0 Å². The third kappa shape index (κ3) is 5.95. The van der Waals surface area contributed by atoms with Crippen molar-refractivity contribution in [3.8, 4) is 11.1 Å². The summed E-state index contributed by atoms with van der Waals surface area (Å²) in [5.41, 5.74) is 3.81. The van der Waals surface area contributed by atoms with Gasteiger partial charge >= 0.3 is 12.1 Å². The van der Waals surface area contributed by atoms with Gasteiger partial charge in [0, 0.05) is 17.9 Å². The topological polar surface area (TPSA) is 105 Å². The largest absolute Gasteiger partial charge is 0.481 e. The molecule has 0 saturated heterocycles. The number of ether oxygens (including phenoxy) is 1. The number of carboxylic acids is 1. The second-order valence-electron chi connectivity index (χ2n) is 9.60. The van der Waals surface area contributed by atoms with E-state index in [2.05, 4.69) is 34.9 Å². The Morgan fingerprint density at radius 1 is 1.03 bits per heavy atom. The first kappa shape index (κ1) is 25.3. The summed E-state index contributed by atoms with van der Waals surface area (Å²) in [4.78, 5) is 36.7. The van der Waals surface area contributed by atoms with Crippen LogP contribution in [0.25, 0.3) is 11.1 Å². The zero-order valence-corrected chi connectivity index (χ0v) is 20.3. The van der Waals surface area contributed by atoms with E-state index in [-0.39, 0.29) is 37.2 Å². The number of hydrogen-bond acceptors (Lipinski definition) is 4. The Morgan fingerprint density at radius 2 is 1.59 bits per heavy atom. The van der Waals surface area contributed by atoms with Gasteiger partial charge in [0.25, 0.3) is 0 Å². The summed E-state index contributed by atoms with van der Waals surface area (Å²) in [5.74, 6) is -1.46. The molecule has 182 valence electrons. The monoisotopic (exact) mass is 466 g/mol. The van der Waals surface area contributed by atoms with Crippen molar-refractivity contribution in [2.24, 2.45) is 5.92 Å². The SMILES string of the molecule is CC[C@H](C)[C@H](NC(=O)OCC1c2ccccc2-c2ccccc21)C(=O)NC(C)(C)CCC(=O)O. The van der Waals surface area contributed by atoms with E-state index in [0.29, 0.717) is 6.42 Å². The third-order valence-corrected chi connectivity index (χ3v) is 6.54. The number of carbonyl (C=O) groups excluding carboxylic acids is 2. The van der Waals surface area contributed by atoms with E-state index >= 15 is 0 Å². The fourth-order valence-electron chi connectivity index (χ4n) is 4.36. The molecule has 7 heteroatoms. The first-order chi connectivity index (χ1) is 16.1. The maximum absolute atomic E-state index is 13.0. The fraction of sp³-hybridized carbons (Fsp3) is 0.444. The van der Waals surface area contributed by atoms with Gasteiger partial charge in [-0.2, -0.15) is 0 Å². The summed E-state index contributed by atoms with van der Waals surface area (Å²) >= 11 is 0. The van der Waals surface area contributed by atoms with Crippen LogP contribution in [-0.4, -0.2) is 41.3 Å². The van der Waals surface area contributed by atoms with Crippen LogP contribution < -0.4 is 10.6 Å². The number of amides is 2. The molecule has 0 bridgehead atoms. The van der Waals surface area contributed by atoms with Crippen molar-refractivity contribution in [2.75, 3.05) is 6.61 Å². The molecular formula is C27H34N2O5. The summed E-state index contributed by atoms with van der Waals surface area (Å²) in [5, 5.41) is 14.6. The number of hydrogen-bond donors (Lipinski definition) is 3. The lowest BCUT2D eigenvalue weighted by atomic mass is 9.94. The smallest absolute Gasteiger partial charge is 0.407 e. The number of fused-ring (bicyclic) bond motifs is 3. The average molecular weight is 467 g/mol. The molecule has 0 heterocycles. The first-order valence-corrected chi connectivity index (χ1v) is 11.8. The molecule has 2 atom stereocenters. The van der Waals surface area contributed by atoms with Crippen molar-refractivity contribution in [2.45, 2.75) is 64.5 Å². The number of aliphatic carboxylic acids is 1. The summed E-state index contributed by atoms with van der Waals surface area (Å²) in [7, 11) is 0. The minimum atomic E-state index is -0.919. The zero-order chi connectivity index (χ0) is 24.9. The highest BCUT2D eigenvalue weighted by Gasteiger charge is 2.32. The average Bonchev–Trinajstić information content (AvgIpc) is 3.13. The van der Waals surface area contributed by atoms with E-state index in [1.165, 1.54) is 0 Å². The Hall–Kier alpha value is -3.35. The van der Waals surface area contributed by atoms with E-state index in [1.54, 1.807) is 13.8 Å². The molecular weight excluding hydrogens is 432 g/mol. The lowest BCUT2D eigenvalue weighted by molar-refractivity contribution is -0.138. The van der Waals surface area contributed by atoms with Gasteiger partial charge in [-0.3, -0.25) is 9.59 Å². The van der Waals surface area contributed by atoms with Crippen molar-refractivity contribution in [3.05, 3.63) is 59.7 Å². The summed E-state index contributed by atoms with van der Waals surface area (Å²) in [6.07, 6.45) is 0.260. The zero-order valence-electron chi connectivity index (χ0n) is 20.3. The first-order valence-electron chi connectivity index (χ1n) is 11.8. The number of rotatable bonds is 10. The molecule has 1 aliphatic rings. The molecule has 2 amide bonds. The van der Waals surface area contributed by atoms with Crippen LogP contribution in [0.15, 0.2) is 48.5 Å². The van der Waals surface area contributed by atoms with Crippen LogP contribution in [-0.2, 0) is 14.3 Å². The predicted molar refractivity (Wildman–Crippen MR) is 131 cm³/mol. The van der Waals surface area contributed by atoms with E-state index < -0.39 is 23.6 Å². The van der Waals surface area contributed by atoms with Crippen molar-refractivity contribution >= 4 is 18.0 Å². The highest BCUT2D eigenvalue weighted by atomic mass is 16.5. The van der Waals surface area contributed by atoms with Crippen LogP contribution >= 0.6 is 0 Å². The molecule has 0 unspecified atom stereocenters. The van der Waals surface area contributed by atoms with E-state index in [9.17, 15) is 14.4 Å². The van der Waals surface area contributed by atoms with Crippen LogP contribution in [0.1, 0.15) is 64.0 Å². The maximum Gasteiger partial charge on any atom is 0.407 e. The van der Waals surface area contributed by atoms with Gasteiger partial charge in [-0.1, -0.05) is 68.8 Å². The molecule has 0 saturated carbocycles. The number of nitrogens with one attached hydrogen (secondary N) is 2. The maximum atomic E-state index is 13.0. The lowest BCUT2D eigenvalue weighted by Gasteiger charge is -2.30. The quantitative estimate of drug-likeness (QED) is 0.471. The predicted octanol–water partition coefficient (Wildman–Crippen LogP) is 4.70. The normalized spacial score (nSPS) is 14.5. The number of alkyl carbamates (subject to hydrolysis) is 1. The second kappa shape index (κ2) is 10.7. The van der Waals surface area contributed by atoms with E-state index in [1.807, 2.05) is 38.1 Å². The molecule has 3 N–H and O–H groups in total. The minimum absolute atomic E-state index is 0.0545. The van der Waals surface area contributed by atoms with Crippen molar-refractivity contribution in [1.82, 2.24) is 10.6 Å². The number of carbonyl (C=O) groups is 3. The summed E-state index contributed by atoms with van der Waals surface area (Å²) in [6, 6.07) is 15.4. The van der Waals surface area contributed by atoms with Crippen LogP contribution in [0, 0.1) is 5.92 Å². The standard InChI is InChI=1S/C27H34N2O5/c1-5-17(2)24(25(32)29-27(3,4)15-14-23(30)31)28-26(33)34-16-22-20-12-8-6-10-18(20)19-11-7-9-13-21(19)22/h6-13,17,22,24H,5,14-16H2,1-4H3,(H,28,33)(H,29,32)(H,30,31)/t17-,24-/m0/s1.